The van der Waals surface area contributed by atoms with Crippen molar-refractivity contribution in [3.63, 3.8) is 0 Å². The quantitative estimate of drug-likeness (QED) is 0.696. The van der Waals surface area contributed by atoms with Crippen LogP contribution in [-0.2, 0) is 21.4 Å². The van der Waals surface area contributed by atoms with Gasteiger partial charge in [0.15, 0.2) is 0 Å². The standard InChI is InChI=1S/C18H28N2O5S/c1-4-19-18(21)20(13-17-6-5-11-24-17)12-15-7-9-16(10-8-15)25-26(22,23)14(2)3/h7-10,14,17H,4-6,11-13H2,1-3H3,(H,19,21). The Morgan fingerprint density at radius 1 is 1.35 bits per heavy atom. The van der Waals surface area contributed by atoms with Crippen LogP contribution in [0.5, 0.6) is 5.75 Å². The summed E-state index contributed by atoms with van der Waals surface area (Å²) in [5.41, 5.74) is 0.892. The van der Waals surface area contributed by atoms with Gasteiger partial charge < -0.3 is 19.1 Å². The second-order valence-electron chi connectivity index (χ2n) is 6.62. The van der Waals surface area contributed by atoms with Crippen LogP contribution < -0.4 is 9.50 Å². The van der Waals surface area contributed by atoms with Gasteiger partial charge in [-0.25, -0.2) is 4.79 Å². The van der Waals surface area contributed by atoms with Gasteiger partial charge in [0.25, 0.3) is 0 Å². The number of hydrogen-bond donors (Lipinski definition) is 1. The smallest absolute Gasteiger partial charge is 0.317 e. The van der Waals surface area contributed by atoms with E-state index < -0.39 is 15.4 Å². The number of nitrogens with zero attached hydrogens (tertiary/aromatic N) is 1. The van der Waals surface area contributed by atoms with Crippen LogP contribution in [0.15, 0.2) is 24.3 Å². The molecule has 1 fully saturated rings. The zero-order valence-electron chi connectivity index (χ0n) is 15.6. The first-order valence-electron chi connectivity index (χ1n) is 8.98. The number of amides is 2. The van der Waals surface area contributed by atoms with E-state index in [4.69, 9.17) is 8.92 Å². The SMILES string of the molecule is CCNC(=O)N(Cc1ccc(OS(=O)(=O)C(C)C)cc1)CC1CCCO1. The van der Waals surface area contributed by atoms with Crippen LogP contribution in [0, 0.1) is 0 Å². The first-order chi connectivity index (χ1) is 12.3. The minimum absolute atomic E-state index is 0.0661. The Labute approximate surface area is 155 Å². The molecular formula is C18H28N2O5S. The number of benzene rings is 1. The fraction of sp³-hybridized carbons (Fsp3) is 0.611. The summed E-state index contributed by atoms with van der Waals surface area (Å²) in [6.07, 6.45) is 2.04. The maximum atomic E-state index is 12.3. The highest BCUT2D eigenvalue weighted by molar-refractivity contribution is 7.87. The summed E-state index contributed by atoms with van der Waals surface area (Å²) < 4.78 is 34.4. The van der Waals surface area contributed by atoms with Gasteiger partial charge in [0.05, 0.1) is 11.4 Å². The highest BCUT2D eigenvalue weighted by Crippen LogP contribution is 2.19. The van der Waals surface area contributed by atoms with Crippen LogP contribution in [0.25, 0.3) is 0 Å². The Morgan fingerprint density at radius 3 is 2.58 bits per heavy atom. The second kappa shape index (κ2) is 9.23. The highest BCUT2D eigenvalue weighted by Gasteiger charge is 2.23. The van der Waals surface area contributed by atoms with Crippen LogP contribution in [-0.4, -0.2) is 50.4 Å². The van der Waals surface area contributed by atoms with Crippen molar-refractivity contribution in [1.82, 2.24) is 10.2 Å². The minimum Gasteiger partial charge on any atom is -0.382 e. The zero-order valence-corrected chi connectivity index (χ0v) is 16.4. The number of rotatable bonds is 8. The normalized spacial score (nSPS) is 17.3. The molecule has 7 nitrogen and oxygen atoms in total. The average molecular weight is 384 g/mol. The fourth-order valence-corrected chi connectivity index (χ4v) is 3.19. The van der Waals surface area contributed by atoms with Crippen molar-refractivity contribution in [1.29, 1.82) is 0 Å². The predicted molar refractivity (Wildman–Crippen MR) is 99.6 cm³/mol. The number of ether oxygens (including phenoxy) is 1. The third-order valence-electron chi connectivity index (χ3n) is 4.15. The van der Waals surface area contributed by atoms with Gasteiger partial charge in [-0.1, -0.05) is 12.1 Å². The molecule has 8 heteroatoms. The Bertz CT molecular complexity index is 682. The molecule has 1 aromatic carbocycles. The summed E-state index contributed by atoms with van der Waals surface area (Å²) in [6, 6.07) is 6.62. The second-order valence-corrected chi connectivity index (χ2v) is 8.71. The van der Waals surface area contributed by atoms with E-state index in [0.717, 1.165) is 25.0 Å². The molecule has 0 bridgehead atoms. The van der Waals surface area contributed by atoms with E-state index in [1.54, 1.807) is 43.0 Å². The van der Waals surface area contributed by atoms with Crippen molar-refractivity contribution in [2.45, 2.75) is 51.5 Å². The van der Waals surface area contributed by atoms with E-state index in [-0.39, 0.29) is 17.9 Å². The minimum atomic E-state index is -3.61. The van der Waals surface area contributed by atoms with Crippen molar-refractivity contribution in [2.75, 3.05) is 19.7 Å². The topological polar surface area (TPSA) is 84.9 Å². The summed E-state index contributed by atoms with van der Waals surface area (Å²) in [5, 5.41) is 2.21. The Hall–Kier alpha value is -1.80. The van der Waals surface area contributed by atoms with E-state index in [1.807, 2.05) is 6.92 Å². The Morgan fingerprint density at radius 2 is 2.04 bits per heavy atom. The van der Waals surface area contributed by atoms with Crippen LogP contribution in [0.2, 0.25) is 0 Å². The van der Waals surface area contributed by atoms with Gasteiger partial charge in [-0.05, 0) is 51.3 Å². The molecule has 1 aliphatic rings. The summed E-state index contributed by atoms with van der Waals surface area (Å²) in [7, 11) is -3.61. The molecule has 146 valence electrons. The van der Waals surface area contributed by atoms with Gasteiger partial charge >= 0.3 is 16.1 Å². The summed E-state index contributed by atoms with van der Waals surface area (Å²) in [4.78, 5) is 14.0. The molecule has 0 radical (unpaired) electrons. The number of urea groups is 1. The molecule has 2 rings (SSSR count). The van der Waals surface area contributed by atoms with Crippen molar-refractivity contribution in [2.24, 2.45) is 0 Å². The van der Waals surface area contributed by atoms with Gasteiger partial charge in [0.2, 0.25) is 0 Å². The fourth-order valence-electron chi connectivity index (χ4n) is 2.62. The molecule has 1 unspecified atom stereocenters. The predicted octanol–water partition coefficient (Wildman–Crippen LogP) is 2.51. The molecule has 2 amide bonds. The van der Waals surface area contributed by atoms with Gasteiger partial charge in [0, 0.05) is 26.2 Å². The third-order valence-corrected chi connectivity index (χ3v) is 5.73. The maximum absolute atomic E-state index is 12.3. The van der Waals surface area contributed by atoms with E-state index in [2.05, 4.69) is 5.32 Å². The highest BCUT2D eigenvalue weighted by atomic mass is 32.2. The lowest BCUT2D eigenvalue weighted by Gasteiger charge is -2.25. The molecular weight excluding hydrogens is 356 g/mol. The lowest BCUT2D eigenvalue weighted by Crippen LogP contribution is -2.43. The summed E-state index contributed by atoms with van der Waals surface area (Å²) >= 11 is 0. The van der Waals surface area contributed by atoms with E-state index in [1.165, 1.54) is 0 Å². The van der Waals surface area contributed by atoms with Gasteiger partial charge in [0.1, 0.15) is 5.75 Å². The molecule has 0 aliphatic carbocycles. The first-order valence-corrected chi connectivity index (χ1v) is 10.5. The summed E-state index contributed by atoms with van der Waals surface area (Å²) in [6.45, 7) is 7.27. The number of carbonyl (C=O) groups is 1. The van der Waals surface area contributed by atoms with Crippen molar-refractivity contribution < 1.29 is 22.1 Å². The van der Waals surface area contributed by atoms with Crippen LogP contribution in [0.1, 0.15) is 39.2 Å². The first kappa shape index (κ1) is 20.5. The maximum Gasteiger partial charge on any atom is 0.317 e. The van der Waals surface area contributed by atoms with Crippen molar-refractivity contribution >= 4 is 16.1 Å². The monoisotopic (exact) mass is 384 g/mol. The van der Waals surface area contributed by atoms with Gasteiger partial charge in [-0.15, -0.1) is 0 Å². The Kier molecular flexibility index (Phi) is 7.28. The molecule has 1 N–H and O–H groups in total. The zero-order chi connectivity index (χ0) is 19.2. The van der Waals surface area contributed by atoms with Crippen LogP contribution >= 0.6 is 0 Å². The largest absolute Gasteiger partial charge is 0.382 e. The Balaban J connectivity index is 2.03. The molecule has 1 heterocycles. The van der Waals surface area contributed by atoms with E-state index in [9.17, 15) is 13.2 Å². The molecule has 1 aliphatic heterocycles. The third kappa shape index (κ3) is 5.88. The molecule has 0 saturated carbocycles. The molecule has 26 heavy (non-hydrogen) atoms. The number of nitrogens with one attached hydrogen (secondary N) is 1. The van der Waals surface area contributed by atoms with E-state index in [0.29, 0.717) is 19.6 Å². The molecule has 1 saturated heterocycles. The van der Waals surface area contributed by atoms with Crippen LogP contribution in [0.3, 0.4) is 0 Å². The van der Waals surface area contributed by atoms with Crippen molar-refractivity contribution in [3.05, 3.63) is 29.8 Å². The van der Waals surface area contributed by atoms with Gasteiger partial charge in [-0.3, -0.25) is 0 Å². The molecule has 1 aromatic rings. The average Bonchev–Trinajstić information content (AvgIpc) is 3.09. The van der Waals surface area contributed by atoms with Crippen LogP contribution in [0.4, 0.5) is 4.79 Å². The lowest BCUT2D eigenvalue weighted by molar-refractivity contribution is 0.0796. The number of hydrogen-bond acceptors (Lipinski definition) is 5. The molecule has 0 aromatic heterocycles. The molecule has 0 spiro atoms. The van der Waals surface area contributed by atoms with Gasteiger partial charge in [-0.2, -0.15) is 8.42 Å². The summed E-state index contributed by atoms with van der Waals surface area (Å²) in [5.74, 6) is 0.270. The van der Waals surface area contributed by atoms with E-state index >= 15 is 0 Å². The van der Waals surface area contributed by atoms with Crippen molar-refractivity contribution in [3.8, 4) is 5.75 Å². The molecule has 1 atom stereocenters. The lowest BCUT2D eigenvalue weighted by atomic mass is 10.2. The number of carbonyl (C=O) groups excluding carboxylic acids is 1.